The maximum atomic E-state index is 4.91. The summed E-state index contributed by atoms with van der Waals surface area (Å²) in [6, 6.07) is 2.13. The topological polar surface area (TPSA) is 37.8 Å². The van der Waals surface area contributed by atoms with Crippen molar-refractivity contribution >= 4 is 33.1 Å². The molecule has 2 heterocycles. The fourth-order valence-corrected chi connectivity index (χ4v) is 4.42. The molecule has 2 aromatic heterocycles. The van der Waals surface area contributed by atoms with E-state index in [2.05, 4.69) is 46.5 Å². The minimum Gasteiger partial charge on any atom is -0.369 e. The van der Waals surface area contributed by atoms with Crippen LogP contribution in [0.15, 0.2) is 15.9 Å². The first-order valence-corrected chi connectivity index (χ1v) is 9.23. The molecular formula is C16H20BrN3S. The van der Waals surface area contributed by atoms with Crippen LogP contribution in [0.1, 0.15) is 49.8 Å². The maximum Gasteiger partial charge on any atom is 0.172 e. The Labute approximate surface area is 138 Å². The first-order valence-electron chi connectivity index (χ1n) is 7.56. The average molecular weight is 366 g/mol. The van der Waals surface area contributed by atoms with Gasteiger partial charge in [0.25, 0.3) is 0 Å². The molecule has 1 saturated carbocycles. The van der Waals surface area contributed by atoms with Crippen LogP contribution < -0.4 is 5.32 Å². The summed E-state index contributed by atoms with van der Waals surface area (Å²) in [7, 11) is 0. The lowest BCUT2D eigenvalue weighted by molar-refractivity contribution is 0.691. The molecule has 0 aromatic carbocycles. The first kappa shape index (κ1) is 15.0. The van der Waals surface area contributed by atoms with Crippen LogP contribution in [0.2, 0.25) is 0 Å². The summed E-state index contributed by atoms with van der Waals surface area (Å²) >= 11 is 5.44. The molecule has 1 aliphatic rings. The van der Waals surface area contributed by atoms with Gasteiger partial charge in [-0.1, -0.05) is 12.8 Å². The van der Waals surface area contributed by atoms with Gasteiger partial charge in [-0.05, 0) is 59.6 Å². The number of aromatic nitrogens is 2. The van der Waals surface area contributed by atoms with Crippen molar-refractivity contribution in [2.75, 3.05) is 11.9 Å². The van der Waals surface area contributed by atoms with Crippen molar-refractivity contribution in [3.8, 4) is 10.7 Å². The number of hydrogen-bond donors (Lipinski definition) is 1. The number of halogens is 1. The van der Waals surface area contributed by atoms with Crippen LogP contribution in [0, 0.1) is 6.92 Å². The quantitative estimate of drug-likeness (QED) is 0.791. The first-order chi connectivity index (χ1) is 10.2. The summed E-state index contributed by atoms with van der Waals surface area (Å²) in [5, 5.41) is 5.48. The number of anilines is 1. The Kier molecular flexibility index (Phi) is 4.60. The molecule has 1 aliphatic carbocycles. The van der Waals surface area contributed by atoms with Gasteiger partial charge in [0.05, 0.1) is 15.0 Å². The highest BCUT2D eigenvalue weighted by atomic mass is 79.9. The molecule has 5 heteroatoms. The Balaban J connectivity index is 2.10. The van der Waals surface area contributed by atoms with Gasteiger partial charge in [-0.3, -0.25) is 0 Å². The second-order valence-electron chi connectivity index (χ2n) is 5.54. The smallest absolute Gasteiger partial charge is 0.172 e. The zero-order chi connectivity index (χ0) is 14.8. The van der Waals surface area contributed by atoms with Crippen LogP contribution in [0.5, 0.6) is 0 Å². The van der Waals surface area contributed by atoms with Crippen molar-refractivity contribution in [3.63, 3.8) is 0 Å². The molecule has 0 spiro atoms. The van der Waals surface area contributed by atoms with Crippen molar-refractivity contribution < 1.29 is 0 Å². The molecule has 1 N–H and O–H groups in total. The summed E-state index contributed by atoms with van der Waals surface area (Å²) in [5.74, 6) is 2.36. The molecule has 3 nitrogen and oxygen atoms in total. The van der Waals surface area contributed by atoms with Crippen molar-refractivity contribution in [2.24, 2.45) is 0 Å². The van der Waals surface area contributed by atoms with E-state index in [0.29, 0.717) is 5.92 Å². The summed E-state index contributed by atoms with van der Waals surface area (Å²) in [6.45, 7) is 5.09. The lowest BCUT2D eigenvalue weighted by atomic mass is 10.0. The summed E-state index contributed by atoms with van der Waals surface area (Å²) in [6.07, 6.45) is 5.10. The van der Waals surface area contributed by atoms with Crippen molar-refractivity contribution in [1.29, 1.82) is 0 Å². The minimum atomic E-state index is 0.568. The van der Waals surface area contributed by atoms with Crippen molar-refractivity contribution in [2.45, 2.75) is 45.4 Å². The molecule has 0 amide bonds. The zero-order valence-corrected chi connectivity index (χ0v) is 14.9. The van der Waals surface area contributed by atoms with E-state index in [1.807, 2.05) is 0 Å². The SMILES string of the molecule is CCNc1nc(-c2sccc2C)nc(C2CCCC2)c1Br. The molecule has 21 heavy (non-hydrogen) atoms. The third-order valence-electron chi connectivity index (χ3n) is 4.03. The minimum absolute atomic E-state index is 0.568. The van der Waals surface area contributed by atoms with Crippen LogP contribution in [0.25, 0.3) is 10.7 Å². The van der Waals surface area contributed by atoms with Crippen LogP contribution >= 0.6 is 27.3 Å². The monoisotopic (exact) mass is 365 g/mol. The van der Waals surface area contributed by atoms with E-state index < -0.39 is 0 Å². The Hall–Kier alpha value is -0.940. The maximum absolute atomic E-state index is 4.91. The molecule has 0 bridgehead atoms. The van der Waals surface area contributed by atoms with Crippen LogP contribution in [-0.2, 0) is 0 Å². The van der Waals surface area contributed by atoms with E-state index in [-0.39, 0.29) is 0 Å². The lowest BCUT2D eigenvalue weighted by Crippen LogP contribution is -2.08. The predicted octanol–water partition coefficient (Wildman–Crippen LogP) is 5.37. The molecule has 0 aliphatic heterocycles. The van der Waals surface area contributed by atoms with E-state index in [1.54, 1.807) is 11.3 Å². The number of rotatable bonds is 4. The molecule has 1 fully saturated rings. The Morgan fingerprint density at radius 3 is 2.71 bits per heavy atom. The second-order valence-corrected chi connectivity index (χ2v) is 7.25. The fraction of sp³-hybridized carbons (Fsp3) is 0.500. The van der Waals surface area contributed by atoms with Gasteiger partial charge < -0.3 is 5.32 Å². The summed E-state index contributed by atoms with van der Waals surface area (Å²) < 4.78 is 1.05. The van der Waals surface area contributed by atoms with Gasteiger partial charge in [0, 0.05) is 12.5 Å². The van der Waals surface area contributed by atoms with Gasteiger partial charge >= 0.3 is 0 Å². The zero-order valence-electron chi connectivity index (χ0n) is 12.4. The Bertz CT molecular complexity index is 632. The molecule has 0 unspecified atom stereocenters. The molecule has 2 aromatic rings. The average Bonchev–Trinajstić information content (AvgIpc) is 3.13. The molecule has 0 radical (unpaired) electrons. The molecule has 112 valence electrons. The van der Waals surface area contributed by atoms with Crippen LogP contribution in [0.4, 0.5) is 5.82 Å². The Morgan fingerprint density at radius 1 is 1.33 bits per heavy atom. The van der Waals surface area contributed by atoms with Gasteiger partial charge in [0.2, 0.25) is 0 Å². The number of aryl methyl sites for hydroxylation is 1. The molecule has 0 atom stereocenters. The number of thiophene rings is 1. The van der Waals surface area contributed by atoms with Crippen LogP contribution in [-0.4, -0.2) is 16.5 Å². The fourth-order valence-electron chi connectivity index (χ4n) is 2.92. The van der Waals surface area contributed by atoms with E-state index in [1.165, 1.54) is 41.8 Å². The van der Waals surface area contributed by atoms with Gasteiger partial charge in [-0.2, -0.15) is 0 Å². The lowest BCUT2D eigenvalue weighted by Gasteiger charge is -2.16. The van der Waals surface area contributed by atoms with Crippen molar-refractivity contribution in [3.05, 3.63) is 27.2 Å². The van der Waals surface area contributed by atoms with E-state index in [9.17, 15) is 0 Å². The summed E-state index contributed by atoms with van der Waals surface area (Å²) in [5.41, 5.74) is 2.43. The van der Waals surface area contributed by atoms with Gasteiger partial charge in [0.1, 0.15) is 5.82 Å². The van der Waals surface area contributed by atoms with Gasteiger partial charge in [0.15, 0.2) is 5.82 Å². The van der Waals surface area contributed by atoms with Crippen molar-refractivity contribution in [1.82, 2.24) is 9.97 Å². The second kappa shape index (κ2) is 6.44. The molecule has 3 rings (SSSR count). The van der Waals surface area contributed by atoms with Gasteiger partial charge in [-0.15, -0.1) is 11.3 Å². The third-order valence-corrected chi connectivity index (χ3v) is 5.82. The van der Waals surface area contributed by atoms with E-state index in [0.717, 1.165) is 22.7 Å². The normalized spacial score (nSPS) is 15.6. The van der Waals surface area contributed by atoms with E-state index >= 15 is 0 Å². The molecule has 0 saturated heterocycles. The summed E-state index contributed by atoms with van der Waals surface area (Å²) in [4.78, 5) is 10.8. The van der Waals surface area contributed by atoms with Gasteiger partial charge in [-0.25, -0.2) is 9.97 Å². The van der Waals surface area contributed by atoms with Crippen LogP contribution in [0.3, 0.4) is 0 Å². The number of nitrogens with one attached hydrogen (secondary N) is 1. The standard InChI is InChI=1S/C16H20BrN3S/c1-3-18-15-12(17)13(11-6-4-5-7-11)19-16(20-15)14-10(2)8-9-21-14/h8-9,11H,3-7H2,1-2H3,(H,18,19,20). The highest BCUT2D eigenvalue weighted by Crippen LogP contribution is 2.40. The third kappa shape index (κ3) is 2.99. The Morgan fingerprint density at radius 2 is 2.10 bits per heavy atom. The highest BCUT2D eigenvalue weighted by molar-refractivity contribution is 9.10. The van der Waals surface area contributed by atoms with E-state index in [4.69, 9.17) is 9.97 Å². The largest absolute Gasteiger partial charge is 0.369 e. The molecular weight excluding hydrogens is 346 g/mol. The number of nitrogens with zero attached hydrogens (tertiary/aromatic N) is 2. The predicted molar refractivity (Wildman–Crippen MR) is 93.2 cm³/mol. The number of hydrogen-bond acceptors (Lipinski definition) is 4. The highest BCUT2D eigenvalue weighted by Gasteiger charge is 2.24.